The first-order valence-electron chi connectivity index (χ1n) is 18.4. The zero-order valence-corrected chi connectivity index (χ0v) is 29.8. The summed E-state index contributed by atoms with van der Waals surface area (Å²) >= 11 is 0. The van der Waals surface area contributed by atoms with E-state index in [1.54, 1.807) is 0 Å². The topological polar surface area (TPSA) is 24.5 Å². The molecule has 1 heterocycles. The van der Waals surface area contributed by atoms with E-state index in [0.29, 0.717) is 0 Å². The molecule has 1 aliphatic carbocycles. The van der Waals surface area contributed by atoms with E-state index < -0.39 is 0 Å². The summed E-state index contributed by atoms with van der Waals surface area (Å²) in [7, 11) is 0. The number of anilines is 4. The van der Waals surface area contributed by atoms with Crippen LogP contribution in [-0.2, 0) is 5.41 Å². The molecule has 53 heavy (non-hydrogen) atoms. The number of nitrogens with zero attached hydrogens (tertiary/aromatic N) is 1. The summed E-state index contributed by atoms with van der Waals surface area (Å²) in [5.41, 5.74) is 15.5. The fourth-order valence-electron chi connectivity index (χ4n) is 8.41. The summed E-state index contributed by atoms with van der Waals surface area (Å²) in [5, 5.41) is 5.84. The lowest BCUT2D eigenvalue weighted by Gasteiger charge is -2.28. The van der Waals surface area contributed by atoms with Gasteiger partial charge in [-0.3, -0.25) is 0 Å². The first kappa shape index (κ1) is 31.2. The first-order valence-corrected chi connectivity index (χ1v) is 18.4. The van der Waals surface area contributed by atoms with Crippen molar-refractivity contribution in [3.8, 4) is 39.1 Å². The van der Waals surface area contributed by atoms with E-state index in [4.69, 9.17) is 4.74 Å². The van der Waals surface area contributed by atoms with Crippen LogP contribution >= 0.6 is 0 Å². The Morgan fingerprint density at radius 3 is 1.96 bits per heavy atom. The van der Waals surface area contributed by atoms with Crippen LogP contribution in [0.3, 0.4) is 0 Å². The van der Waals surface area contributed by atoms with E-state index in [9.17, 15) is 0 Å². The predicted octanol–water partition coefficient (Wildman–Crippen LogP) is 13.5. The summed E-state index contributed by atoms with van der Waals surface area (Å²) in [6.45, 7) is 4.69. The molecule has 0 radical (unpaired) electrons. The minimum Gasteiger partial charge on any atom is -0.464 e. The van der Waals surface area contributed by atoms with Crippen molar-refractivity contribution in [1.29, 1.82) is 0 Å². The quantitative estimate of drug-likeness (QED) is 0.189. The van der Waals surface area contributed by atoms with Crippen LogP contribution in [0.25, 0.3) is 44.2 Å². The Labute approximate surface area is 310 Å². The van der Waals surface area contributed by atoms with Crippen molar-refractivity contribution in [2.24, 2.45) is 0 Å². The smallest absolute Gasteiger partial charge is 0.196 e. The highest BCUT2D eigenvalue weighted by molar-refractivity contribution is 6.03. The lowest BCUT2D eigenvalue weighted by Crippen LogP contribution is -2.16. The van der Waals surface area contributed by atoms with Crippen molar-refractivity contribution >= 4 is 33.5 Å². The maximum atomic E-state index is 6.54. The third-order valence-electron chi connectivity index (χ3n) is 11.1. The fraction of sp³-hybridized carbons (Fsp3) is 0.0800. The summed E-state index contributed by atoms with van der Waals surface area (Å²) in [4.78, 5) is 2.40. The maximum absolute atomic E-state index is 6.54. The van der Waals surface area contributed by atoms with Gasteiger partial charge in [0.05, 0.1) is 5.69 Å². The average Bonchev–Trinajstić information content (AvgIpc) is 3.76. The minimum atomic E-state index is -0.204. The van der Waals surface area contributed by atoms with Crippen LogP contribution in [0.4, 0.5) is 22.7 Å². The molecule has 1 aliphatic heterocycles. The number of benzene rings is 8. The molecule has 3 nitrogen and oxygen atoms in total. The number of fused-ring (bicyclic) bond motifs is 6. The van der Waals surface area contributed by atoms with Crippen LogP contribution in [0.2, 0.25) is 0 Å². The Kier molecular flexibility index (Phi) is 7.23. The Morgan fingerprint density at radius 1 is 0.472 bits per heavy atom. The number of nitrogens with one attached hydrogen (secondary N) is 1. The zero-order chi connectivity index (χ0) is 35.5. The van der Waals surface area contributed by atoms with E-state index >= 15 is 0 Å². The second-order valence-corrected chi connectivity index (χ2v) is 14.6. The minimum absolute atomic E-state index is 0.0990. The summed E-state index contributed by atoms with van der Waals surface area (Å²) < 4.78 is 6.54. The van der Waals surface area contributed by atoms with Gasteiger partial charge in [-0.1, -0.05) is 153 Å². The van der Waals surface area contributed by atoms with Crippen LogP contribution in [-0.4, -0.2) is 0 Å². The lowest BCUT2D eigenvalue weighted by molar-refractivity contribution is 0.262. The Bertz CT molecular complexity index is 2650. The number of hydrogen-bond donors (Lipinski definition) is 1. The number of ether oxygens (including phenoxy) is 1. The molecule has 0 fully saturated rings. The molecular formula is C50H38N2O. The molecular weight excluding hydrogens is 645 g/mol. The van der Waals surface area contributed by atoms with Gasteiger partial charge in [0.2, 0.25) is 0 Å². The summed E-state index contributed by atoms with van der Waals surface area (Å²) in [6.07, 6.45) is -0.204. The average molecular weight is 683 g/mol. The van der Waals surface area contributed by atoms with E-state index in [2.05, 4.69) is 200 Å². The van der Waals surface area contributed by atoms with E-state index in [1.807, 2.05) is 6.07 Å². The molecule has 8 aromatic rings. The highest BCUT2D eigenvalue weighted by atomic mass is 16.5. The van der Waals surface area contributed by atoms with Gasteiger partial charge in [0.1, 0.15) is 0 Å². The van der Waals surface area contributed by atoms with Crippen LogP contribution < -0.4 is 15.0 Å². The summed E-state index contributed by atoms with van der Waals surface area (Å²) in [6, 6.07) is 65.6. The van der Waals surface area contributed by atoms with Crippen LogP contribution in [0.15, 0.2) is 182 Å². The molecule has 1 unspecified atom stereocenters. The van der Waals surface area contributed by atoms with Crippen molar-refractivity contribution in [3.05, 3.63) is 199 Å². The SMILES string of the molecule is CC1(C)c2ccccc2-c2ccc(N(c3ccc(-c4cccc5c6c(ccc45)NC(c4ccccc4)O6)cc3)c3cccc(-c4ccccc4)c3)cc21. The van der Waals surface area contributed by atoms with E-state index in [1.165, 1.54) is 44.3 Å². The Morgan fingerprint density at radius 2 is 1.13 bits per heavy atom. The van der Waals surface area contributed by atoms with Gasteiger partial charge in [-0.25, -0.2) is 0 Å². The molecule has 3 heteroatoms. The highest BCUT2D eigenvalue weighted by Crippen LogP contribution is 2.51. The molecule has 1 atom stereocenters. The Hall–Kier alpha value is -6.58. The number of rotatable bonds is 6. The molecule has 2 aliphatic rings. The Balaban J connectivity index is 1.06. The monoisotopic (exact) mass is 682 g/mol. The van der Waals surface area contributed by atoms with E-state index in [-0.39, 0.29) is 11.6 Å². The van der Waals surface area contributed by atoms with E-state index in [0.717, 1.165) is 45.0 Å². The van der Waals surface area contributed by atoms with Crippen molar-refractivity contribution in [2.45, 2.75) is 25.5 Å². The van der Waals surface area contributed by atoms with Crippen molar-refractivity contribution < 1.29 is 4.74 Å². The van der Waals surface area contributed by atoms with Gasteiger partial charge in [-0.2, -0.15) is 0 Å². The molecule has 0 amide bonds. The molecule has 254 valence electrons. The van der Waals surface area contributed by atoms with Crippen LogP contribution in [0.1, 0.15) is 36.8 Å². The van der Waals surface area contributed by atoms with Gasteiger partial charge in [-0.05, 0) is 92.4 Å². The number of hydrogen-bond acceptors (Lipinski definition) is 3. The van der Waals surface area contributed by atoms with Gasteiger partial charge in [0, 0.05) is 33.4 Å². The maximum Gasteiger partial charge on any atom is 0.196 e. The standard InChI is InChI=1S/C50H38N2O/c1-50(2)45-22-10-9-19-42(45)43-28-27-39(32-46(43)50)52(38-18-11-17-36(31-38)33-13-5-3-6-14-33)37-25-23-34(24-26-37)40-20-12-21-44-41(40)29-30-47-48(44)53-49(51-47)35-15-7-4-8-16-35/h3-32,49,51H,1-2H3. The first-order chi connectivity index (χ1) is 26.0. The van der Waals surface area contributed by atoms with Crippen LogP contribution in [0, 0.1) is 0 Å². The molecule has 0 aromatic heterocycles. The second-order valence-electron chi connectivity index (χ2n) is 14.6. The highest BCUT2D eigenvalue weighted by Gasteiger charge is 2.35. The van der Waals surface area contributed by atoms with Crippen molar-refractivity contribution in [2.75, 3.05) is 10.2 Å². The zero-order valence-electron chi connectivity index (χ0n) is 29.8. The van der Waals surface area contributed by atoms with Crippen LogP contribution in [0.5, 0.6) is 5.75 Å². The van der Waals surface area contributed by atoms with Gasteiger partial charge < -0.3 is 15.0 Å². The molecule has 0 spiro atoms. The largest absolute Gasteiger partial charge is 0.464 e. The molecule has 10 rings (SSSR count). The van der Waals surface area contributed by atoms with Gasteiger partial charge >= 0.3 is 0 Å². The van der Waals surface area contributed by atoms with Crippen molar-refractivity contribution in [3.63, 3.8) is 0 Å². The molecule has 1 N–H and O–H groups in total. The lowest BCUT2D eigenvalue weighted by atomic mass is 9.82. The third-order valence-corrected chi connectivity index (χ3v) is 11.1. The molecule has 0 saturated heterocycles. The second kappa shape index (κ2) is 12.3. The van der Waals surface area contributed by atoms with Gasteiger partial charge in [0.15, 0.2) is 12.0 Å². The molecule has 0 bridgehead atoms. The van der Waals surface area contributed by atoms with Gasteiger partial charge in [0.25, 0.3) is 0 Å². The summed E-state index contributed by atoms with van der Waals surface area (Å²) in [5.74, 6) is 0.904. The van der Waals surface area contributed by atoms with Gasteiger partial charge in [-0.15, -0.1) is 0 Å². The molecule has 0 saturated carbocycles. The normalized spacial score (nSPS) is 14.9. The molecule has 8 aromatic carbocycles. The third kappa shape index (κ3) is 5.19. The fourth-order valence-corrected chi connectivity index (χ4v) is 8.41. The van der Waals surface area contributed by atoms with Crippen molar-refractivity contribution in [1.82, 2.24) is 0 Å². The predicted molar refractivity (Wildman–Crippen MR) is 221 cm³/mol.